The van der Waals surface area contributed by atoms with Crippen molar-refractivity contribution in [2.75, 3.05) is 27.2 Å². The molecule has 1 saturated heterocycles. The molecule has 2 rings (SSSR count). The quantitative estimate of drug-likeness (QED) is 0.799. The Balaban J connectivity index is 2.00. The molecule has 1 aliphatic rings. The summed E-state index contributed by atoms with van der Waals surface area (Å²) in [7, 11) is 4.26. The average Bonchev–Trinajstić information content (AvgIpc) is 2.33. The van der Waals surface area contributed by atoms with E-state index in [1.807, 2.05) is 6.07 Å². The van der Waals surface area contributed by atoms with Crippen molar-refractivity contribution < 1.29 is 4.39 Å². The Bertz CT molecular complexity index is 411. The minimum absolute atomic E-state index is 0.435. The van der Waals surface area contributed by atoms with Crippen LogP contribution in [0, 0.1) is 5.95 Å². The maximum absolute atomic E-state index is 12.9. The number of rotatable bonds is 3. The van der Waals surface area contributed by atoms with E-state index in [-0.39, 0.29) is 0 Å². The van der Waals surface area contributed by atoms with Crippen LogP contribution in [0.2, 0.25) is 0 Å². The van der Waals surface area contributed by atoms with Crippen molar-refractivity contribution in [2.24, 2.45) is 0 Å². The van der Waals surface area contributed by atoms with E-state index in [1.54, 1.807) is 0 Å². The third-order valence-electron chi connectivity index (χ3n) is 3.50. The average molecular weight is 316 g/mol. The van der Waals surface area contributed by atoms with Gasteiger partial charge in [0.25, 0.3) is 0 Å². The first-order chi connectivity index (χ1) is 8.56. The molecular weight excluding hydrogens is 297 g/mol. The van der Waals surface area contributed by atoms with Crippen LogP contribution in [0.1, 0.15) is 18.4 Å². The minimum atomic E-state index is -0.435. The Labute approximate surface area is 116 Å². The van der Waals surface area contributed by atoms with Gasteiger partial charge in [-0.25, -0.2) is 4.98 Å². The fourth-order valence-corrected chi connectivity index (χ4v) is 2.82. The van der Waals surface area contributed by atoms with E-state index in [2.05, 4.69) is 44.8 Å². The Morgan fingerprint density at radius 3 is 2.94 bits per heavy atom. The van der Waals surface area contributed by atoms with Gasteiger partial charge in [0.15, 0.2) is 0 Å². The van der Waals surface area contributed by atoms with Gasteiger partial charge in [-0.15, -0.1) is 0 Å². The van der Waals surface area contributed by atoms with Gasteiger partial charge in [-0.05, 0) is 61.0 Å². The molecule has 1 atom stereocenters. The Morgan fingerprint density at radius 1 is 1.50 bits per heavy atom. The summed E-state index contributed by atoms with van der Waals surface area (Å²) in [4.78, 5) is 8.50. The molecule has 3 nitrogen and oxygen atoms in total. The highest BCUT2D eigenvalue weighted by Gasteiger charge is 2.21. The summed E-state index contributed by atoms with van der Waals surface area (Å²) in [5.74, 6) is -0.435. The van der Waals surface area contributed by atoms with Crippen LogP contribution < -0.4 is 0 Å². The first kappa shape index (κ1) is 13.9. The maximum Gasteiger partial charge on any atom is 0.213 e. The van der Waals surface area contributed by atoms with E-state index in [9.17, 15) is 4.39 Å². The first-order valence-electron chi connectivity index (χ1n) is 6.26. The lowest BCUT2D eigenvalue weighted by Gasteiger charge is -2.36. The van der Waals surface area contributed by atoms with Gasteiger partial charge in [-0.1, -0.05) is 6.07 Å². The van der Waals surface area contributed by atoms with Crippen LogP contribution in [0.25, 0.3) is 0 Å². The smallest absolute Gasteiger partial charge is 0.213 e. The van der Waals surface area contributed by atoms with Crippen molar-refractivity contribution in [1.29, 1.82) is 0 Å². The molecule has 0 saturated carbocycles. The number of likely N-dealkylation sites (N-methyl/N-ethyl adjacent to an activating group) is 1. The van der Waals surface area contributed by atoms with Gasteiger partial charge in [0, 0.05) is 19.1 Å². The fourth-order valence-electron chi connectivity index (χ4n) is 2.40. The largest absolute Gasteiger partial charge is 0.305 e. The molecule has 100 valence electrons. The van der Waals surface area contributed by atoms with Crippen LogP contribution in [0.15, 0.2) is 16.7 Å². The second-order valence-electron chi connectivity index (χ2n) is 5.08. The highest BCUT2D eigenvalue weighted by atomic mass is 79.9. The molecular formula is C13H19BrFN3. The lowest BCUT2D eigenvalue weighted by molar-refractivity contribution is 0.127. The zero-order valence-electron chi connectivity index (χ0n) is 10.9. The third-order valence-corrected chi connectivity index (χ3v) is 4.18. The molecule has 18 heavy (non-hydrogen) atoms. The number of nitrogens with zero attached hydrogens (tertiary/aromatic N) is 3. The van der Waals surface area contributed by atoms with Gasteiger partial charge in [0.05, 0.1) is 0 Å². The van der Waals surface area contributed by atoms with Crippen LogP contribution >= 0.6 is 15.9 Å². The van der Waals surface area contributed by atoms with Crippen LogP contribution in [0.5, 0.6) is 0 Å². The normalized spacial score (nSPS) is 21.5. The summed E-state index contributed by atoms with van der Waals surface area (Å²) < 4.78 is 13.6. The lowest BCUT2D eigenvalue weighted by Crippen LogP contribution is -2.44. The minimum Gasteiger partial charge on any atom is -0.305 e. The third kappa shape index (κ3) is 3.49. The molecule has 1 aliphatic heterocycles. The number of hydrogen-bond acceptors (Lipinski definition) is 3. The predicted molar refractivity (Wildman–Crippen MR) is 73.9 cm³/mol. The molecule has 0 radical (unpaired) electrons. The van der Waals surface area contributed by atoms with Crippen molar-refractivity contribution in [1.82, 2.24) is 14.8 Å². The standard InChI is InChI=1S/C13H19BrFN3/c1-17(2)11-4-3-7-18(9-11)8-10-5-6-12(15)16-13(10)14/h5-6,11H,3-4,7-9H2,1-2H3. The van der Waals surface area contributed by atoms with Crippen molar-refractivity contribution >= 4 is 15.9 Å². The molecule has 0 bridgehead atoms. The number of aromatic nitrogens is 1. The Hall–Kier alpha value is -0.520. The van der Waals surface area contributed by atoms with Crippen molar-refractivity contribution in [3.63, 3.8) is 0 Å². The van der Waals surface area contributed by atoms with Gasteiger partial charge in [0.2, 0.25) is 5.95 Å². The molecule has 0 spiro atoms. The Kier molecular flexibility index (Phi) is 4.70. The first-order valence-corrected chi connectivity index (χ1v) is 7.05. The number of hydrogen-bond donors (Lipinski definition) is 0. The molecule has 1 fully saturated rings. The zero-order chi connectivity index (χ0) is 13.1. The molecule has 1 aromatic rings. The number of likely N-dealkylation sites (tertiary alicyclic amines) is 1. The van der Waals surface area contributed by atoms with Crippen LogP contribution in [0.4, 0.5) is 4.39 Å². The fraction of sp³-hybridized carbons (Fsp3) is 0.615. The Morgan fingerprint density at radius 2 is 2.28 bits per heavy atom. The highest BCUT2D eigenvalue weighted by molar-refractivity contribution is 9.10. The van der Waals surface area contributed by atoms with E-state index in [1.165, 1.54) is 18.9 Å². The molecule has 0 N–H and O–H groups in total. The van der Waals surface area contributed by atoms with Crippen molar-refractivity contribution in [3.05, 3.63) is 28.2 Å². The molecule has 1 unspecified atom stereocenters. The summed E-state index contributed by atoms with van der Waals surface area (Å²) in [5, 5.41) is 0. The predicted octanol–water partition coefficient (Wildman–Crippen LogP) is 2.51. The van der Waals surface area contributed by atoms with Crippen LogP contribution in [0.3, 0.4) is 0 Å². The summed E-state index contributed by atoms with van der Waals surface area (Å²) in [6.45, 7) is 3.00. The van der Waals surface area contributed by atoms with E-state index >= 15 is 0 Å². The topological polar surface area (TPSA) is 19.4 Å². The second-order valence-corrected chi connectivity index (χ2v) is 5.83. The van der Waals surface area contributed by atoms with Crippen molar-refractivity contribution in [3.8, 4) is 0 Å². The van der Waals surface area contributed by atoms with E-state index in [0.29, 0.717) is 10.6 Å². The molecule has 0 amide bonds. The summed E-state index contributed by atoms with van der Waals surface area (Å²) in [6, 6.07) is 3.85. The van der Waals surface area contributed by atoms with Gasteiger partial charge in [0.1, 0.15) is 4.60 Å². The molecule has 1 aromatic heterocycles. The lowest BCUT2D eigenvalue weighted by atomic mass is 10.0. The summed E-state index contributed by atoms with van der Waals surface area (Å²) >= 11 is 3.33. The monoisotopic (exact) mass is 315 g/mol. The maximum atomic E-state index is 12.9. The molecule has 5 heteroatoms. The molecule has 0 aliphatic carbocycles. The van der Waals surface area contributed by atoms with Gasteiger partial charge >= 0.3 is 0 Å². The van der Waals surface area contributed by atoms with E-state index in [4.69, 9.17) is 0 Å². The number of halogens is 2. The molecule has 0 aromatic carbocycles. The van der Waals surface area contributed by atoms with Gasteiger partial charge < -0.3 is 4.90 Å². The number of piperidine rings is 1. The van der Waals surface area contributed by atoms with Crippen molar-refractivity contribution in [2.45, 2.75) is 25.4 Å². The van der Waals surface area contributed by atoms with Crippen LogP contribution in [-0.2, 0) is 6.54 Å². The highest BCUT2D eigenvalue weighted by Crippen LogP contribution is 2.20. The second kappa shape index (κ2) is 6.08. The zero-order valence-corrected chi connectivity index (χ0v) is 12.5. The van der Waals surface area contributed by atoms with E-state index in [0.717, 1.165) is 25.2 Å². The van der Waals surface area contributed by atoms with Gasteiger partial charge in [-0.3, -0.25) is 4.90 Å². The van der Waals surface area contributed by atoms with E-state index < -0.39 is 5.95 Å². The SMILES string of the molecule is CN(C)C1CCCN(Cc2ccc(F)nc2Br)C1. The van der Waals surface area contributed by atoms with Crippen LogP contribution in [-0.4, -0.2) is 48.0 Å². The summed E-state index contributed by atoms with van der Waals surface area (Å²) in [5.41, 5.74) is 1.05. The van der Waals surface area contributed by atoms with Gasteiger partial charge in [-0.2, -0.15) is 4.39 Å². The summed E-state index contributed by atoms with van der Waals surface area (Å²) in [6.07, 6.45) is 2.47. The molecule has 2 heterocycles. The number of pyridine rings is 1.